The maximum absolute atomic E-state index is 12.5. The van der Waals surface area contributed by atoms with Crippen LogP contribution in [0.1, 0.15) is 21.7 Å². The highest BCUT2D eigenvalue weighted by Crippen LogP contribution is 2.32. The summed E-state index contributed by atoms with van der Waals surface area (Å²) in [7, 11) is 0. The van der Waals surface area contributed by atoms with Gasteiger partial charge in [0.2, 0.25) is 5.95 Å². The van der Waals surface area contributed by atoms with Crippen LogP contribution in [-0.4, -0.2) is 15.9 Å². The Labute approximate surface area is 171 Å². The Morgan fingerprint density at radius 2 is 1.41 bits per heavy atom. The van der Waals surface area contributed by atoms with Crippen molar-refractivity contribution in [3.8, 4) is 0 Å². The van der Waals surface area contributed by atoms with Crippen molar-refractivity contribution in [2.24, 2.45) is 0 Å². The van der Waals surface area contributed by atoms with Gasteiger partial charge in [0.25, 0.3) is 5.91 Å². The number of halogens is 3. The fourth-order valence-corrected chi connectivity index (χ4v) is 3.18. The molecule has 5 nitrogen and oxygen atoms in total. The molecule has 0 aliphatic heterocycles. The molecule has 0 bridgehead atoms. The Bertz CT molecular complexity index is 986. The van der Waals surface area contributed by atoms with Crippen LogP contribution in [0.25, 0.3) is 0 Å². The number of hydrogen-bond acceptors (Lipinski definition) is 4. The van der Waals surface area contributed by atoms with Crippen LogP contribution in [0, 0.1) is 13.8 Å². The van der Waals surface area contributed by atoms with Crippen LogP contribution < -0.4 is 10.6 Å². The van der Waals surface area contributed by atoms with E-state index in [2.05, 4.69) is 20.6 Å². The Balaban J connectivity index is 1.74. The number of rotatable bonds is 4. The van der Waals surface area contributed by atoms with E-state index in [4.69, 9.17) is 34.8 Å². The summed E-state index contributed by atoms with van der Waals surface area (Å²) in [4.78, 5) is 21.2. The van der Waals surface area contributed by atoms with E-state index in [9.17, 15) is 4.79 Å². The summed E-state index contributed by atoms with van der Waals surface area (Å²) >= 11 is 18.1. The summed E-state index contributed by atoms with van der Waals surface area (Å²) in [5.74, 6) is 0.0765. The van der Waals surface area contributed by atoms with E-state index < -0.39 is 5.91 Å². The summed E-state index contributed by atoms with van der Waals surface area (Å²) in [6.45, 7) is 3.81. The van der Waals surface area contributed by atoms with Crippen LogP contribution in [0.2, 0.25) is 15.1 Å². The molecule has 8 heteroatoms. The molecule has 138 valence electrons. The molecule has 0 radical (unpaired) electrons. The highest BCUT2D eigenvalue weighted by molar-refractivity contribution is 6.46. The van der Waals surface area contributed by atoms with Crippen molar-refractivity contribution in [2.75, 3.05) is 10.6 Å². The van der Waals surface area contributed by atoms with Crippen LogP contribution in [0.5, 0.6) is 0 Å². The predicted octanol–water partition coefficient (Wildman–Crippen LogP) is 6.05. The number of aryl methyl sites for hydroxylation is 2. The van der Waals surface area contributed by atoms with Crippen LogP contribution in [0.3, 0.4) is 0 Å². The topological polar surface area (TPSA) is 66.9 Å². The average Bonchev–Trinajstić information content (AvgIpc) is 2.59. The molecule has 0 fully saturated rings. The Kier molecular flexibility index (Phi) is 5.85. The zero-order valence-corrected chi connectivity index (χ0v) is 16.7. The number of carbonyl (C=O) groups excluding carboxylic acids is 1. The smallest absolute Gasteiger partial charge is 0.258 e. The number of amides is 1. The van der Waals surface area contributed by atoms with Gasteiger partial charge in [-0.05, 0) is 56.3 Å². The van der Waals surface area contributed by atoms with Crippen molar-refractivity contribution >= 4 is 58.0 Å². The van der Waals surface area contributed by atoms with Gasteiger partial charge in [0.1, 0.15) is 0 Å². The summed E-state index contributed by atoms with van der Waals surface area (Å²) in [5, 5.41) is 6.49. The molecule has 0 aliphatic rings. The zero-order valence-electron chi connectivity index (χ0n) is 14.5. The number of nitrogens with zero attached hydrogens (tertiary/aromatic N) is 2. The van der Waals surface area contributed by atoms with Gasteiger partial charge >= 0.3 is 0 Å². The summed E-state index contributed by atoms with van der Waals surface area (Å²) in [5.41, 5.74) is 3.26. The molecular weight excluding hydrogens is 407 g/mol. The summed E-state index contributed by atoms with van der Waals surface area (Å²) < 4.78 is 0. The number of benzene rings is 2. The maximum atomic E-state index is 12.5. The second-order valence-electron chi connectivity index (χ2n) is 5.85. The van der Waals surface area contributed by atoms with Crippen molar-refractivity contribution < 1.29 is 4.79 Å². The molecule has 2 N–H and O–H groups in total. The number of hydrogen-bond donors (Lipinski definition) is 2. The molecule has 0 spiro atoms. The Morgan fingerprint density at radius 3 is 2.04 bits per heavy atom. The predicted molar refractivity (Wildman–Crippen MR) is 111 cm³/mol. The van der Waals surface area contributed by atoms with E-state index in [0.717, 1.165) is 17.1 Å². The lowest BCUT2D eigenvalue weighted by Gasteiger charge is -2.11. The third-order valence-corrected chi connectivity index (χ3v) is 4.77. The number of carbonyl (C=O) groups is 1. The molecule has 0 aliphatic carbocycles. The zero-order chi connectivity index (χ0) is 19.6. The lowest BCUT2D eigenvalue weighted by atomic mass is 10.2. The van der Waals surface area contributed by atoms with Crippen molar-refractivity contribution in [1.29, 1.82) is 0 Å². The first-order chi connectivity index (χ1) is 12.8. The first-order valence-electron chi connectivity index (χ1n) is 7.97. The van der Waals surface area contributed by atoms with Gasteiger partial charge in [0.15, 0.2) is 0 Å². The van der Waals surface area contributed by atoms with Crippen molar-refractivity contribution in [3.05, 3.63) is 74.5 Å². The molecule has 0 saturated carbocycles. The minimum Gasteiger partial charge on any atom is -0.324 e. The third kappa shape index (κ3) is 4.69. The van der Waals surface area contributed by atoms with Crippen LogP contribution >= 0.6 is 34.8 Å². The second kappa shape index (κ2) is 8.13. The quantitative estimate of drug-likeness (QED) is 0.503. The van der Waals surface area contributed by atoms with Crippen LogP contribution in [0.15, 0.2) is 42.5 Å². The second-order valence-corrected chi connectivity index (χ2v) is 7.04. The normalized spacial score (nSPS) is 10.6. The lowest BCUT2D eigenvalue weighted by Crippen LogP contribution is -2.13. The van der Waals surface area contributed by atoms with E-state index in [1.165, 1.54) is 6.07 Å². The Hall–Kier alpha value is -2.34. The molecule has 1 heterocycles. The highest BCUT2D eigenvalue weighted by Gasteiger charge is 2.17. The van der Waals surface area contributed by atoms with Crippen molar-refractivity contribution in [3.63, 3.8) is 0 Å². The van der Waals surface area contributed by atoms with Gasteiger partial charge in [0, 0.05) is 22.8 Å². The number of anilines is 3. The SMILES string of the molecule is Cc1cc(C)nc(Nc2ccc(NC(=O)c3c(Cl)ccc(Cl)c3Cl)cc2)n1. The van der Waals surface area contributed by atoms with Crippen LogP contribution in [-0.2, 0) is 0 Å². The number of nitrogens with one attached hydrogen (secondary N) is 2. The van der Waals surface area contributed by atoms with Crippen molar-refractivity contribution in [1.82, 2.24) is 9.97 Å². The highest BCUT2D eigenvalue weighted by atomic mass is 35.5. The van der Waals surface area contributed by atoms with E-state index >= 15 is 0 Å². The molecular formula is C19H15Cl3N4O. The van der Waals surface area contributed by atoms with Gasteiger partial charge < -0.3 is 10.6 Å². The van der Waals surface area contributed by atoms with Gasteiger partial charge in [0.05, 0.1) is 20.6 Å². The van der Waals surface area contributed by atoms with Gasteiger partial charge in [-0.1, -0.05) is 34.8 Å². The minimum atomic E-state index is -0.439. The maximum Gasteiger partial charge on any atom is 0.258 e. The van der Waals surface area contributed by atoms with Crippen molar-refractivity contribution in [2.45, 2.75) is 13.8 Å². The van der Waals surface area contributed by atoms with E-state index in [0.29, 0.717) is 11.6 Å². The largest absolute Gasteiger partial charge is 0.324 e. The van der Waals surface area contributed by atoms with Gasteiger partial charge in [-0.15, -0.1) is 0 Å². The molecule has 0 atom stereocenters. The minimum absolute atomic E-state index is 0.118. The van der Waals surface area contributed by atoms with Gasteiger partial charge in [-0.25, -0.2) is 9.97 Å². The average molecular weight is 422 g/mol. The molecule has 1 aromatic heterocycles. The fraction of sp³-hybridized carbons (Fsp3) is 0.105. The van der Waals surface area contributed by atoms with Gasteiger partial charge in [-0.3, -0.25) is 4.79 Å². The fourth-order valence-electron chi connectivity index (χ4n) is 2.48. The lowest BCUT2D eigenvalue weighted by molar-refractivity contribution is 0.102. The molecule has 0 unspecified atom stereocenters. The van der Waals surface area contributed by atoms with Gasteiger partial charge in [-0.2, -0.15) is 0 Å². The summed E-state index contributed by atoms with van der Waals surface area (Å²) in [6, 6.07) is 12.1. The van der Waals surface area contributed by atoms with E-state index in [1.807, 2.05) is 19.9 Å². The summed E-state index contributed by atoms with van der Waals surface area (Å²) in [6.07, 6.45) is 0. The van der Waals surface area contributed by atoms with E-state index in [1.54, 1.807) is 30.3 Å². The third-order valence-electron chi connectivity index (χ3n) is 3.65. The number of aromatic nitrogens is 2. The molecule has 2 aromatic carbocycles. The van der Waals surface area contributed by atoms with E-state index in [-0.39, 0.29) is 20.6 Å². The molecule has 3 rings (SSSR count). The Morgan fingerprint density at radius 1 is 0.852 bits per heavy atom. The van der Waals surface area contributed by atoms with Crippen LogP contribution in [0.4, 0.5) is 17.3 Å². The monoisotopic (exact) mass is 420 g/mol. The first-order valence-corrected chi connectivity index (χ1v) is 9.11. The molecule has 1 amide bonds. The first kappa shape index (κ1) is 19.4. The molecule has 3 aromatic rings. The molecule has 0 saturated heterocycles. The molecule has 27 heavy (non-hydrogen) atoms. The standard InChI is InChI=1S/C19H15Cl3N4O/c1-10-9-11(2)24-19(23-10)26-13-5-3-12(4-6-13)25-18(27)16-14(20)7-8-15(21)17(16)22/h3-9H,1-2H3,(H,25,27)(H,23,24,26).